The molecule has 0 aliphatic carbocycles. The SMILES string of the molecule is CCCN(CC(=O)OC)C(=O)c1ccc(CN)o1. The fraction of sp³-hybridized carbons (Fsp3) is 0.500. The molecule has 18 heavy (non-hydrogen) atoms. The number of nitrogens with zero attached hydrogens (tertiary/aromatic N) is 1. The van der Waals surface area contributed by atoms with E-state index in [4.69, 9.17) is 10.2 Å². The lowest BCUT2D eigenvalue weighted by Crippen LogP contribution is -2.36. The zero-order valence-corrected chi connectivity index (χ0v) is 10.6. The zero-order chi connectivity index (χ0) is 13.5. The number of amides is 1. The van der Waals surface area contributed by atoms with Crippen LogP contribution in [0.5, 0.6) is 0 Å². The number of carbonyl (C=O) groups excluding carboxylic acids is 2. The molecule has 100 valence electrons. The van der Waals surface area contributed by atoms with Gasteiger partial charge < -0.3 is 19.8 Å². The highest BCUT2D eigenvalue weighted by Gasteiger charge is 2.21. The van der Waals surface area contributed by atoms with Crippen LogP contribution in [-0.4, -0.2) is 37.0 Å². The summed E-state index contributed by atoms with van der Waals surface area (Å²) < 4.78 is 9.82. The Bertz CT molecular complexity index is 414. The van der Waals surface area contributed by atoms with E-state index in [2.05, 4.69) is 4.74 Å². The van der Waals surface area contributed by atoms with Crippen molar-refractivity contribution in [1.82, 2.24) is 4.90 Å². The number of methoxy groups -OCH3 is 1. The van der Waals surface area contributed by atoms with E-state index >= 15 is 0 Å². The molecule has 0 aliphatic rings. The summed E-state index contributed by atoms with van der Waals surface area (Å²) in [7, 11) is 1.29. The van der Waals surface area contributed by atoms with Crippen LogP contribution >= 0.6 is 0 Å². The van der Waals surface area contributed by atoms with E-state index in [-0.39, 0.29) is 24.8 Å². The van der Waals surface area contributed by atoms with E-state index in [1.807, 2.05) is 6.92 Å². The molecule has 6 heteroatoms. The lowest BCUT2D eigenvalue weighted by Gasteiger charge is -2.19. The van der Waals surface area contributed by atoms with Gasteiger partial charge in [0.25, 0.3) is 5.91 Å². The van der Waals surface area contributed by atoms with E-state index in [0.29, 0.717) is 12.3 Å². The van der Waals surface area contributed by atoms with Crippen LogP contribution in [0.4, 0.5) is 0 Å². The van der Waals surface area contributed by atoms with Crippen molar-refractivity contribution in [2.24, 2.45) is 5.73 Å². The average molecular weight is 254 g/mol. The van der Waals surface area contributed by atoms with Crippen molar-refractivity contribution in [3.8, 4) is 0 Å². The van der Waals surface area contributed by atoms with Gasteiger partial charge in [0.2, 0.25) is 0 Å². The van der Waals surface area contributed by atoms with Gasteiger partial charge in [-0.05, 0) is 18.6 Å². The van der Waals surface area contributed by atoms with E-state index in [1.54, 1.807) is 12.1 Å². The maximum Gasteiger partial charge on any atom is 0.325 e. The Morgan fingerprint density at radius 2 is 2.17 bits per heavy atom. The molecule has 0 bridgehead atoms. The van der Waals surface area contributed by atoms with Gasteiger partial charge >= 0.3 is 5.97 Å². The Hall–Kier alpha value is -1.82. The Balaban J connectivity index is 2.78. The predicted molar refractivity (Wildman–Crippen MR) is 64.8 cm³/mol. The summed E-state index contributed by atoms with van der Waals surface area (Å²) in [5.41, 5.74) is 5.41. The van der Waals surface area contributed by atoms with E-state index in [0.717, 1.165) is 6.42 Å². The predicted octanol–water partition coefficient (Wildman–Crippen LogP) is 0.763. The van der Waals surface area contributed by atoms with Crippen LogP contribution in [0, 0.1) is 0 Å². The minimum absolute atomic E-state index is 0.0815. The third-order valence-electron chi connectivity index (χ3n) is 2.40. The largest absolute Gasteiger partial charge is 0.468 e. The van der Waals surface area contributed by atoms with Crippen LogP contribution in [0.25, 0.3) is 0 Å². The molecule has 0 aliphatic heterocycles. The summed E-state index contributed by atoms with van der Waals surface area (Å²) in [6.45, 7) is 2.54. The average Bonchev–Trinajstić information content (AvgIpc) is 2.85. The standard InChI is InChI=1S/C12H18N2O4/c1-3-6-14(8-11(15)17-2)12(16)10-5-4-9(7-13)18-10/h4-5H,3,6-8,13H2,1-2H3. The number of esters is 1. The van der Waals surface area contributed by atoms with Gasteiger partial charge in [0.05, 0.1) is 13.7 Å². The van der Waals surface area contributed by atoms with Gasteiger partial charge in [-0.15, -0.1) is 0 Å². The molecule has 6 nitrogen and oxygen atoms in total. The first-order valence-electron chi connectivity index (χ1n) is 5.77. The van der Waals surface area contributed by atoms with Gasteiger partial charge in [-0.1, -0.05) is 6.92 Å². The maximum absolute atomic E-state index is 12.1. The molecule has 1 aromatic rings. The van der Waals surface area contributed by atoms with Gasteiger partial charge in [0.1, 0.15) is 12.3 Å². The molecule has 0 radical (unpaired) electrons. The van der Waals surface area contributed by atoms with Crippen LogP contribution < -0.4 is 5.73 Å². The molecule has 1 aromatic heterocycles. The second-order valence-electron chi connectivity index (χ2n) is 3.77. The Labute approximate surface area is 106 Å². The van der Waals surface area contributed by atoms with Crippen LogP contribution in [0.15, 0.2) is 16.5 Å². The van der Waals surface area contributed by atoms with E-state index < -0.39 is 5.97 Å². The molecular weight excluding hydrogens is 236 g/mol. The van der Waals surface area contributed by atoms with Gasteiger partial charge in [-0.3, -0.25) is 9.59 Å². The molecule has 1 heterocycles. The quantitative estimate of drug-likeness (QED) is 0.757. The monoisotopic (exact) mass is 254 g/mol. The highest BCUT2D eigenvalue weighted by atomic mass is 16.5. The first-order valence-corrected chi connectivity index (χ1v) is 5.77. The van der Waals surface area contributed by atoms with Gasteiger partial charge in [0, 0.05) is 6.54 Å². The van der Waals surface area contributed by atoms with Crippen molar-refractivity contribution < 1.29 is 18.7 Å². The smallest absolute Gasteiger partial charge is 0.325 e. The molecule has 0 fully saturated rings. The third-order valence-corrected chi connectivity index (χ3v) is 2.40. The molecule has 0 atom stereocenters. The van der Waals surface area contributed by atoms with Crippen LogP contribution in [0.3, 0.4) is 0 Å². The molecule has 0 unspecified atom stereocenters. The zero-order valence-electron chi connectivity index (χ0n) is 10.6. The van der Waals surface area contributed by atoms with Crippen LogP contribution in [-0.2, 0) is 16.1 Å². The Kier molecular flexibility index (Phi) is 5.38. The number of ether oxygens (including phenoxy) is 1. The second-order valence-corrected chi connectivity index (χ2v) is 3.77. The Morgan fingerprint density at radius 3 is 2.67 bits per heavy atom. The van der Waals surface area contributed by atoms with Crippen LogP contribution in [0.1, 0.15) is 29.7 Å². The van der Waals surface area contributed by atoms with Gasteiger partial charge in [-0.25, -0.2) is 0 Å². The summed E-state index contributed by atoms with van der Waals surface area (Å²) in [6.07, 6.45) is 0.743. The first-order chi connectivity index (χ1) is 8.62. The van der Waals surface area contributed by atoms with E-state index in [1.165, 1.54) is 12.0 Å². The van der Waals surface area contributed by atoms with Gasteiger partial charge in [-0.2, -0.15) is 0 Å². The first kappa shape index (κ1) is 14.2. The number of hydrogen-bond acceptors (Lipinski definition) is 5. The molecule has 1 rings (SSSR count). The summed E-state index contributed by atoms with van der Waals surface area (Å²) in [6, 6.07) is 3.21. The fourth-order valence-electron chi connectivity index (χ4n) is 1.50. The molecular formula is C12H18N2O4. The molecule has 2 N–H and O–H groups in total. The van der Waals surface area contributed by atoms with Gasteiger partial charge in [0.15, 0.2) is 5.76 Å². The van der Waals surface area contributed by atoms with Crippen molar-refractivity contribution in [2.45, 2.75) is 19.9 Å². The second kappa shape index (κ2) is 6.80. The van der Waals surface area contributed by atoms with Crippen LogP contribution in [0.2, 0.25) is 0 Å². The lowest BCUT2D eigenvalue weighted by molar-refractivity contribution is -0.141. The number of carbonyl (C=O) groups is 2. The highest BCUT2D eigenvalue weighted by molar-refractivity contribution is 5.93. The number of furan rings is 1. The summed E-state index contributed by atoms with van der Waals surface area (Å²) in [5, 5.41) is 0. The molecule has 0 saturated heterocycles. The molecule has 1 amide bonds. The fourth-order valence-corrected chi connectivity index (χ4v) is 1.50. The highest BCUT2D eigenvalue weighted by Crippen LogP contribution is 2.10. The number of hydrogen-bond donors (Lipinski definition) is 1. The number of nitrogens with two attached hydrogens (primary N) is 1. The van der Waals surface area contributed by atoms with Crippen molar-refractivity contribution in [2.75, 3.05) is 20.2 Å². The summed E-state index contributed by atoms with van der Waals surface area (Å²) in [4.78, 5) is 24.7. The topological polar surface area (TPSA) is 85.8 Å². The Morgan fingerprint density at radius 1 is 1.44 bits per heavy atom. The summed E-state index contributed by atoms with van der Waals surface area (Å²) >= 11 is 0. The number of rotatable bonds is 6. The normalized spacial score (nSPS) is 10.2. The van der Waals surface area contributed by atoms with E-state index in [9.17, 15) is 9.59 Å². The van der Waals surface area contributed by atoms with Crippen molar-refractivity contribution in [3.05, 3.63) is 23.7 Å². The minimum Gasteiger partial charge on any atom is -0.468 e. The third kappa shape index (κ3) is 3.59. The maximum atomic E-state index is 12.1. The molecule has 0 saturated carbocycles. The molecule has 0 spiro atoms. The molecule has 0 aromatic carbocycles. The van der Waals surface area contributed by atoms with Crippen molar-refractivity contribution in [1.29, 1.82) is 0 Å². The van der Waals surface area contributed by atoms with Crippen molar-refractivity contribution in [3.63, 3.8) is 0 Å². The minimum atomic E-state index is -0.456. The lowest BCUT2D eigenvalue weighted by atomic mass is 10.3. The van der Waals surface area contributed by atoms with Crippen molar-refractivity contribution >= 4 is 11.9 Å². The summed E-state index contributed by atoms with van der Waals surface area (Å²) in [5.74, 6) is -0.0648.